The summed E-state index contributed by atoms with van der Waals surface area (Å²) in [7, 11) is 0. The van der Waals surface area contributed by atoms with Gasteiger partial charge in [-0.2, -0.15) is 4.98 Å². The first kappa shape index (κ1) is 12.2. The van der Waals surface area contributed by atoms with Crippen molar-refractivity contribution in [2.24, 2.45) is 0 Å². The fourth-order valence-electron chi connectivity index (χ4n) is 1.38. The number of hydrogen-bond acceptors (Lipinski definition) is 5. The molecule has 2 aromatic rings. The third-order valence-electron chi connectivity index (χ3n) is 2.27. The van der Waals surface area contributed by atoms with Crippen LogP contribution in [0.5, 0.6) is 0 Å². The highest BCUT2D eigenvalue weighted by atomic mass is 19.1. The van der Waals surface area contributed by atoms with Crippen molar-refractivity contribution in [2.45, 2.75) is 20.0 Å². The molecule has 5 nitrogen and oxygen atoms in total. The van der Waals surface area contributed by atoms with Crippen LogP contribution < -0.4 is 0 Å². The average Bonchev–Trinajstić information content (AvgIpc) is 2.76. The topological polar surface area (TPSA) is 65.2 Å². The van der Waals surface area contributed by atoms with Gasteiger partial charge >= 0.3 is 5.97 Å². The number of nitrogens with zero attached hydrogens (tertiary/aromatic N) is 2. The molecule has 1 unspecified atom stereocenters. The Labute approximate surface area is 103 Å². The highest BCUT2D eigenvalue weighted by Crippen LogP contribution is 2.17. The molecule has 0 radical (unpaired) electrons. The minimum Gasteiger partial charge on any atom is -0.449 e. The highest BCUT2D eigenvalue weighted by Gasteiger charge is 2.20. The third kappa shape index (κ3) is 2.53. The van der Waals surface area contributed by atoms with E-state index in [1.165, 1.54) is 18.2 Å². The van der Waals surface area contributed by atoms with Crippen LogP contribution in [0.25, 0.3) is 0 Å². The standard InChI is InChI=1S/C12H11FN2O3/c1-7(11-14-8(2)15-18-11)17-12(16)9-5-3-4-6-10(9)13/h3-7H,1-2H3. The van der Waals surface area contributed by atoms with E-state index >= 15 is 0 Å². The first-order valence-corrected chi connectivity index (χ1v) is 5.33. The Morgan fingerprint density at radius 1 is 1.44 bits per heavy atom. The van der Waals surface area contributed by atoms with Crippen molar-refractivity contribution < 1.29 is 18.4 Å². The van der Waals surface area contributed by atoms with Crippen molar-refractivity contribution in [1.82, 2.24) is 10.1 Å². The minimum atomic E-state index is -0.767. The van der Waals surface area contributed by atoms with E-state index < -0.39 is 17.9 Å². The molecule has 0 bridgehead atoms. The molecule has 1 aromatic heterocycles. The van der Waals surface area contributed by atoms with Gasteiger partial charge in [-0.3, -0.25) is 0 Å². The first-order chi connectivity index (χ1) is 8.58. The Hall–Kier alpha value is -2.24. The molecule has 0 aliphatic carbocycles. The minimum absolute atomic E-state index is 0.124. The monoisotopic (exact) mass is 250 g/mol. The normalized spacial score (nSPS) is 12.2. The van der Waals surface area contributed by atoms with Crippen LogP contribution in [-0.2, 0) is 4.74 Å². The molecule has 18 heavy (non-hydrogen) atoms. The molecular weight excluding hydrogens is 239 g/mol. The van der Waals surface area contributed by atoms with Gasteiger partial charge < -0.3 is 9.26 Å². The zero-order chi connectivity index (χ0) is 13.1. The Balaban J connectivity index is 2.10. The third-order valence-corrected chi connectivity index (χ3v) is 2.27. The molecule has 0 N–H and O–H groups in total. The highest BCUT2D eigenvalue weighted by molar-refractivity contribution is 5.89. The van der Waals surface area contributed by atoms with Gasteiger partial charge in [-0.1, -0.05) is 17.3 Å². The molecule has 2 rings (SSSR count). The maximum Gasteiger partial charge on any atom is 0.341 e. The second kappa shape index (κ2) is 4.95. The number of hydrogen-bond donors (Lipinski definition) is 0. The number of carbonyl (C=O) groups is 1. The number of rotatable bonds is 3. The summed E-state index contributed by atoms with van der Waals surface area (Å²) in [5, 5.41) is 3.58. The summed E-state index contributed by atoms with van der Waals surface area (Å²) in [6.45, 7) is 3.23. The van der Waals surface area contributed by atoms with Gasteiger partial charge in [-0.25, -0.2) is 9.18 Å². The largest absolute Gasteiger partial charge is 0.449 e. The Morgan fingerprint density at radius 2 is 2.17 bits per heavy atom. The summed E-state index contributed by atoms with van der Waals surface area (Å²) in [5.41, 5.74) is -0.124. The summed E-state index contributed by atoms with van der Waals surface area (Å²) < 4.78 is 23.2. The molecule has 94 valence electrons. The molecular formula is C12H11FN2O3. The van der Waals surface area contributed by atoms with Crippen LogP contribution in [0.15, 0.2) is 28.8 Å². The Bertz CT molecular complexity index is 568. The van der Waals surface area contributed by atoms with Crippen LogP contribution in [0.3, 0.4) is 0 Å². The van der Waals surface area contributed by atoms with Crippen LogP contribution in [0.2, 0.25) is 0 Å². The molecule has 1 heterocycles. The van der Waals surface area contributed by atoms with Gasteiger partial charge in [-0.05, 0) is 26.0 Å². The molecule has 0 fully saturated rings. The fraction of sp³-hybridized carbons (Fsp3) is 0.250. The number of halogens is 1. The number of aromatic nitrogens is 2. The number of aryl methyl sites for hydroxylation is 1. The van der Waals surface area contributed by atoms with Crippen molar-refractivity contribution in [1.29, 1.82) is 0 Å². The van der Waals surface area contributed by atoms with Gasteiger partial charge in [0.05, 0.1) is 5.56 Å². The van der Waals surface area contributed by atoms with E-state index in [1.54, 1.807) is 19.9 Å². The lowest BCUT2D eigenvalue weighted by molar-refractivity contribution is 0.0260. The van der Waals surface area contributed by atoms with Crippen LogP contribution >= 0.6 is 0 Å². The molecule has 0 spiro atoms. The van der Waals surface area contributed by atoms with Crippen LogP contribution in [0, 0.1) is 12.7 Å². The molecule has 1 atom stereocenters. The molecule has 1 aromatic carbocycles. The van der Waals surface area contributed by atoms with Crippen molar-refractivity contribution >= 4 is 5.97 Å². The Kier molecular flexibility index (Phi) is 3.36. The quantitative estimate of drug-likeness (QED) is 0.783. The average molecular weight is 250 g/mol. The zero-order valence-electron chi connectivity index (χ0n) is 9.88. The van der Waals surface area contributed by atoms with E-state index in [-0.39, 0.29) is 11.5 Å². The van der Waals surface area contributed by atoms with E-state index in [9.17, 15) is 9.18 Å². The fourth-order valence-corrected chi connectivity index (χ4v) is 1.38. The molecule has 6 heteroatoms. The lowest BCUT2D eigenvalue weighted by atomic mass is 10.2. The summed E-state index contributed by atoms with van der Waals surface area (Å²) >= 11 is 0. The lowest BCUT2D eigenvalue weighted by Crippen LogP contribution is -2.11. The SMILES string of the molecule is Cc1noc(C(C)OC(=O)c2ccccc2F)n1. The van der Waals surface area contributed by atoms with Gasteiger partial charge in [0, 0.05) is 0 Å². The second-order valence-electron chi connectivity index (χ2n) is 3.71. The van der Waals surface area contributed by atoms with Crippen molar-refractivity contribution in [3.05, 3.63) is 47.4 Å². The summed E-state index contributed by atoms with van der Waals surface area (Å²) in [4.78, 5) is 15.6. The van der Waals surface area contributed by atoms with E-state index in [4.69, 9.17) is 9.26 Å². The molecule has 0 aliphatic heterocycles. The van der Waals surface area contributed by atoms with Crippen molar-refractivity contribution in [3.63, 3.8) is 0 Å². The number of carbonyl (C=O) groups excluding carboxylic acids is 1. The van der Waals surface area contributed by atoms with Gasteiger partial charge in [0.2, 0.25) is 0 Å². The van der Waals surface area contributed by atoms with E-state index in [0.29, 0.717) is 5.82 Å². The van der Waals surface area contributed by atoms with Gasteiger partial charge in [0.1, 0.15) is 5.82 Å². The predicted octanol–water partition coefficient (Wildman–Crippen LogP) is 2.44. The molecule has 0 saturated heterocycles. The van der Waals surface area contributed by atoms with E-state index in [1.807, 2.05) is 0 Å². The predicted molar refractivity (Wildman–Crippen MR) is 59.3 cm³/mol. The van der Waals surface area contributed by atoms with E-state index in [0.717, 1.165) is 0 Å². The van der Waals surface area contributed by atoms with Gasteiger partial charge in [-0.15, -0.1) is 0 Å². The Morgan fingerprint density at radius 3 is 2.78 bits per heavy atom. The van der Waals surface area contributed by atoms with Gasteiger partial charge in [0.25, 0.3) is 5.89 Å². The summed E-state index contributed by atoms with van der Waals surface area (Å²) in [5.74, 6) is -0.774. The second-order valence-corrected chi connectivity index (χ2v) is 3.71. The number of esters is 1. The van der Waals surface area contributed by atoms with Crippen LogP contribution in [-0.4, -0.2) is 16.1 Å². The van der Waals surface area contributed by atoms with Crippen molar-refractivity contribution in [2.75, 3.05) is 0 Å². The van der Waals surface area contributed by atoms with Crippen molar-refractivity contribution in [3.8, 4) is 0 Å². The number of ether oxygens (including phenoxy) is 1. The number of benzene rings is 1. The summed E-state index contributed by atoms with van der Waals surface area (Å²) in [6.07, 6.45) is -0.724. The van der Waals surface area contributed by atoms with E-state index in [2.05, 4.69) is 10.1 Å². The maximum atomic E-state index is 13.3. The maximum absolute atomic E-state index is 13.3. The van der Waals surface area contributed by atoms with Crippen LogP contribution in [0.4, 0.5) is 4.39 Å². The summed E-state index contributed by atoms with van der Waals surface area (Å²) in [6, 6.07) is 5.60. The molecule has 0 saturated carbocycles. The van der Waals surface area contributed by atoms with Crippen LogP contribution in [0.1, 0.15) is 35.1 Å². The molecule has 0 amide bonds. The molecule has 0 aliphatic rings. The lowest BCUT2D eigenvalue weighted by Gasteiger charge is -2.09. The van der Waals surface area contributed by atoms with Gasteiger partial charge in [0.15, 0.2) is 11.9 Å². The smallest absolute Gasteiger partial charge is 0.341 e. The first-order valence-electron chi connectivity index (χ1n) is 5.33. The zero-order valence-corrected chi connectivity index (χ0v) is 9.88.